The van der Waals surface area contributed by atoms with Crippen LogP contribution in [0.5, 0.6) is 0 Å². The van der Waals surface area contributed by atoms with Gasteiger partial charge in [0.2, 0.25) is 0 Å². The van der Waals surface area contributed by atoms with Crippen LogP contribution in [0.4, 0.5) is 11.4 Å². The minimum absolute atomic E-state index is 0.262. The third-order valence-corrected chi connectivity index (χ3v) is 4.58. The van der Waals surface area contributed by atoms with Crippen molar-refractivity contribution in [2.24, 2.45) is 0 Å². The number of halogens is 1. The number of hydrogen-bond acceptors (Lipinski definition) is 4. The smallest absolute Gasteiger partial charge is 0.258 e. The highest BCUT2D eigenvalue weighted by atomic mass is 35.5. The van der Waals surface area contributed by atoms with Crippen LogP contribution in [-0.2, 0) is 0 Å². The Labute approximate surface area is 177 Å². The number of anilines is 2. The van der Waals surface area contributed by atoms with E-state index < -0.39 is 0 Å². The lowest BCUT2D eigenvalue weighted by Gasteiger charge is -2.08. The molecule has 0 fully saturated rings. The van der Waals surface area contributed by atoms with Crippen molar-refractivity contribution in [1.82, 2.24) is 14.8 Å². The molecule has 0 spiro atoms. The van der Waals surface area contributed by atoms with Gasteiger partial charge >= 0.3 is 0 Å². The summed E-state index contributed by atoms with van der Waals surface area (Å²) >= 11 is 6.18. The Balaban J connectivity index is 1.46. The van der Waals surface area contributed by atoms with Gasteiger partial charge in [-0.15, -0.1) is 0 Å². The molecule has 4 rings (SSSR count). The summed E-state index contributed by atoms with van der Waals surface area (Å²) in [4.78, 5) is 28.8. The average Bonchev–Trinajstić information content (AvgIpc) is 3.25. The largest absolute Gasteiger partial charge is 0.322 e. The number of benzene rings is 2. The first-order valence-electron chi connectivity index (χ1n) is 9.02. The van der Waals surface area contributed by atoms with Crippen molar-refractivity contribution in [2.75, 3.05) is 10.6 Å². The van der Waals surface area contributed by atoms with Crippen LogP contribution in [0.2, 0.25) is 5.02 Å². The van der Waals surface area contributed by atoms with Gasteiger partial charge in [0.1, 0.15) is 0 Å². The van der Waals surface area contributed by atoms with E-state index in [-0.39, 0.29) is 11.8 Å². The van der Waals surface area contributed by atoms with Gasteiger partial charge in [0.25, 0.3) is 11.8 Å². The molecule has 7 nitrogen and oxygen atoms in total. The first kappa shape index (κ1) is 19.4. The lowest BCUT2D eigenvalue weighted by atomic mass is 10.2. The Morgan fingerprint density at radius 2 is 1.50 bits per heavy atom. The number of rotatable bonds is 5. The zero-order valence-electron chi connectivity index (χ0n) is 15.6. The molecule has 0 aliphatic carbocycles. The fraction of sp³-hybridized carbons (Fsp3) is 0. The number of nitrogens with one attached hydrogen (secondary N) is 2. The van der Waals surface area contributed by atoms with Gasteiger partial charge in [-0.3, -0.25) is 14.6 Å². The van der Waals surface area contributed by atoms with Gasteiger partial charge in [-0.05, 0) is 42.5 Å². The number of pyridine rings is 1. The molecule has 30 heavy (non-hydrogen) atoms. The molecule has 0 aliphatic heterocycles. The molecule has 0 saturated heterocycles. The van der Waals surface area contributed by atoms with Crippen molar-refractivity contribution in [2.45, 2.75) is 0 Å². The number of para-hydroxylation sites is 1. The molecular weight excluding hydrogens is 402 g/mol. The third-order valence-electron chi connectivity index (χ3n) is 4.26. The number of carbonyl (C=O) groups is 2. The Bertz CT molecular complexity index is 1210. The predicted octanol–water partition coefficient (Wildman–Crippen LogP) is 4.43. The van der Waals surface area contributed by atoms with Crippen LogP contribution < -0.4 is 10.6 Å². The molecule has 2 heterocycles. The summed E-state index contributed by atoms with van der Waals surface area (Å²) in [5.74, 6) is -0.590. The lowest BCUT2D eigenvalue weighted by Crippen LogP contribution is -2.13. The fourth-order valence-corrected chi connectivity index (χ4v) is 3.02. The molecular formula is C22H16ClN5O2. The Hall–Kier alpha value is -3.97. The number of carbonyl (C=O) groups excluding carboxylic acids is 2. The van der Waals surface area contributed by atoms with Gasteiger partial charge in [0, 0.05) is 35.5 Å². The molecule has 8 heteroatoms. The standard InChI is InChI=1S/C22H16ClN5O2/c23-19-6-1-2-7-20(19)28-14-16(13-25-28)22(30)27-18-5-3-4-17(12-18)26-21(29)15-8-10-24-11-9-15/h1-14H,(H,26,29)(H,27,30). The molecule has 0 radical (unpaired) electrons. The van der Waals surface area contributed by atoms with E-state index in [0.717, 1.165) is 0 Å². The van der Waals surface area contributed by atoms with Crippen LogP contribution in [0.3, 0.4) is 0 Å². The van der Waals surface area contributed by atoms with Crippen LogP contribution in [0, 0.1) is 0 Å². The van der Waals surface area contributed by atoms with E-state index >= 15 is 0 Å². The first-order chi connectivity index (χ1) is 14.6. The minimum Gasteiger partial charge on any atom is -0.322 e. The van der Waals surface area contributed by atoms with Gasteiger partial charge in [-0.1, -0.05) is 29.8 Å². The molecule has 0 unspecified atom stereocenters. The van der Waals surface area contributed by atoms with E-state index in [9.17, 15) is 9.59 Å². The topological polar surface area (TPSA) is 88.9 Å². The molecule has 0 atom stereocenters. The number of amides is 2. The van der Waals surface area contributed by atoms with Crippen LogP contribution in [0.1, 0.15) is 20.7 Å². The number of hydrogen-bond donors (Lipinski definition) is 2. The highest BCUT2D eigenvalue weighted by Crippen LogP contribution is 2.20. The maximum atomic E-state index is 12.6. The summed E-state index contributed by atoms with van der Waals surface area (Å²) in [6, 6.07) is 17.4. The Morgan fingerprint density at radius 3 is 2.20 bits per heavy atom. The molecule has 2 N–H and O–H groups in total. The van der Waals surface area contributed by atoms with Crippen molar-refractivity contribution in [3.05, 3.63) is 102 Å². The van der Waals surface area contributed by atoms with Crippen LogP contribution in [0.15, 0.2) is 85.5 Å². The molecule has 0 saturated carbocycles. The SMILES string of the molecule is O=C(Nc1cccc(NC(=O)c2cnn(-c3ccccc3Cl)c2)c1)c1ccncc1. The molecule has 0 bridgehead atoms. The van der Waals surface area contributed by atoms with Crippen LogP contribution >= 0.6 is 11.6 Å². The summed E-state index contributed by atoms with van der Waals surface area (Å²) in [5, 5.41) is 10.3. The van der Waals surface area contributed by atoms with E-state index in [1.165, 1.54) is 6.20 Å². The summed E-state index contributed by atoms with van der Waals surface area (Å²) in [6.07, 6.45) is 6.17. The maximum absolute atomic E-state index is 12.6. The van der Waals surface area contributed by atoms with E-state index in [1.807, 2.05) is 18.2 Å². The second-order valence-corrected chi connectivity index (χ2v) is 6.76. The van der Waals surface area contributed by atoms with Crippen molar-refractivity contribution in [3.8, 4) is 5.69 Å². The Kier molecular flexibility index (Phi) is 5.54. The summed E-state index contributed by atoms with van der Waals surface area (Å²) in [6.45, 7) is 0. The molecule has 2 aromatic carbocycles. The van der Waals surface area contributed by atoms with Gasteiger partial charge < -0.3 is 10.6 Å². The molecule has 4 aromatic rings. The van der Waals surface area contributed by atoms with Gasteiger partial charge in [-0.2, -0.15) is 5.10 Å². The monoisotopic (exact) mass is 417 g/mol. The van der Waals surface area contributed by atoms with Gasteiger partial charge in [0.15, 0.2) is 0 Å². The van der Waals surface area contributed by atoms with Crippen LogP contribution in [0.25, 0.3) is 5.69 Å². The summed E-state index contributed by atoms with van der Waals surface area (Å²) in [7, 11) is 0. The maximum Gasteiger partial charge on any atom is 0.258 e. The van der Waals surface area contributed by atoms with E-state index in [2.05, 4.69) is 20.7 Å². The Morgan fingerprint density at radius 1 is 0.833 bits per heavy atom. The highest BCUT2D eigenvalue weighted by Gasteiger charge is 2.12. The van der Waals surface area contributed by atoms with Crippen molar-refractivity contribution < 1.29 is 9.59 Å². The highest BCUT2D eigenvalue weighted by molar-refractivity contribution is 6.32. The predicted molar refractivity (Wildman–Crippen MR) is 115 cm³/mol. The van der Waals surface area contributed by atoms with Gasteiger partial charge in [0.05, 0.1) is 22.5 Å². The molecule has 0 aliphatic rings. The molecule has 2 amide bonds. The average molecular weight is 418 g/mol. The first-order valence-corrected chi connectivity index (χ1v) is 9.40. The summed E-state index contributed by atoms with van der Waals surface area (Å²) < 4.78 is 1.54. The van der Waals surface area contributed by atoms with E-state index in [0.29, 0.717) is 33.2 Å². The zero-order valence-corrected chi connectivity index (χ0v) is 16.4. The summed E-state index contributed by atoms with van der Waals surface area (Å²) in [5.41, 5.74) is 2.64. The molecule has 2 aromatic heterocycles. The van der Waals surface area contributed by atoms with Crippen LogP contribution in [-0.4, -0.2) is 26.6 Å². The second-order valence-electron chi connectivity index (χ2n) is 6.35. The van der Waals surface area contributed by atoms with Gasteiger partial charge in [-0.25, -0.2) is 4.68 Å². The number of aromatic nitrogens is 3. The van der Waals surface area contributed by atoms with E-state index in [4.69, 9.17) is 11.6 Å². The fourth-order valence-electron chi connectivity index (χ4n) is 2.79. The third kappa shape index (κ3) is 4.37. The number of nitrogens with zero attached hydrogens (tertiary/aromatic N) is 3. The van der Waals surface area contributed by atoms with Crippen molar-refractivity contribution in [1.29, 1.82) is 0 Å². The lowest BCUT2D eigenvalue weighted by molar-refractivity contribution is 0.101. The second kappa shape index (κ2) is 8.59. The van der Waals surface area contributed by atoms with E-state index in [1.54, 1.807) is 65.7 Å². The van der Waals surface area contributed by atoms with Crippen molar-refractivity contribution >= 4 is 34.8 Å². The minimum atomic E-state index is -0.328. The normalized spacial score (nSPS) is 10.4. The molecule has 148 valence electrons. The quantitative estimate of drug-likeness (QED) is 0.503. The zero-order chi connectivity index (χ0) is 20.9. The van der Waals surface area contributed by atoms with Crippen molar-refractivity contribution in [3.63, 3.8) is 0 Å².